The number of aromatic nitrogens is 2. The minimum Gasteiger partial charge on any atom is -0.453 e. The molecule has 5 aliphatic heterocycles. The van der Waals surface area contributed by atoms with Gasteiger partial charge in [0.25, 0.3) is 11.5 Å². The van der Waals surface area contributed by atoms with Crippen LogP contribution in [0.5, 0.6) is 11.5 Å². The van der Waals surface area contributed by atoms with E-state index in [4.69, 9.17) is 4.74 Å². The zero-order valence-corrected chi connectivity index (χ0v) is 39.8. The van der Waals surface area contributed by atoms with Gasteiger partial charge in [-0.15, -0.1) is 0 Å². The lowest BCUT2D eigenvalue weighted by Crippen LogP contribution is -2.58. The lowest BCUT2D eigenvalue weighted by atomic mass is 9.64. The Morgan fingerprint density at radius 2 is 1.65 bits per heavy atom. The summed E-state index contributed by atoms with van der Waals surface area (Å²) in [4.78, 5) is 62.4. The highest BCUT2D eigenvalue weighted by atomic mass is 32.2. The van der Waals surface area contributed by atoms with Crippen molar-refractivity contribution in [2.24, 2.45) is 11.3 Å². The highest BCUT2D eigenvalue weighted by Crippen LogP contribution is 2.49. The van der Waals surface area contributed by atoms with Crippen molar-refractivity contribution >= 4 is 50.2 Å². The van der Waals surface area contributed by atoms with Crippen LogP contribution in [0.15, 0.2) is 83.9 Å². The number of fused-ring (bicyclic) bond motifs is 2. The molecule has 3 amide bonds. The number of benzene rings is 4. The van der Waals surface area contributed by atoms with E-state index >= 15 is 4.39 Å². The number of ether oxygens (including phenoxy) is 1. The maximum atomic E-state index is 15.2. The summed E-state index contributed by atoms with van der Waals surface area (Å²) in [5.74, 6) is -1.17. The van der Waals surface area contributed by atoms with E-state index in [0.29, 0.717) is 47.0 Å². The van der Waals surface area contributed by atoms with E-state index in [0.717, 1.165) is 86.1 Å². The Morgan fingerprint density at radius 1 is 0.887 bits per heavy atom. The Hall–Kier alpha value is -6.75. The van der Waals surface area contributed by atoms with Gasteiger partial charge in [0.1, 0.15) is 35.9 Å². The highest BCUT2D eigenvalue weighted by Gasteiger charge is 2.46. The number of likely N-dealkylation sites (tertiary alicyclic amines) is 1. The molecule has 6 aliphatic rings. The summed E-state index contributed by atoms with van der Waals surface area (Å²) >= 11 is 0. The summed E-state index contributed by atoms with van der Waals surface area (Å²) in [6.45, 7) is 5.30. The molecule has 71 heavy (non-hydrogen) atoms. The van der Waals surface area contributed by atoms with Crippen LogP contribution in [0.2, 0.25) is 0 Å². The van der Waals surface area contributed by atoms with Gasteiger partial charge >= 0.3 is 10.2 Å². The average molecular weight is 986 g/mol. The Labute approximate surface area is 409 Å². The summed E-state index contributed by atoms with van der Waals surface area (Å²) in [5, 5.41) is 12.5. The molecule has 1 aromatic heterocycles. The van der Waals surface area contributed by atoms with Crippen LogP contribution in [0.4, 0.5) is 20.2 Å². The first-order chi connectivity index (χ1) is 34.2. The number of imide groups is 1. The molecule has 0 unspecified atom stereocenters. The zero-order chi connectivity index (χ0) is 49.2. The number of hydrogen-bond donors (Lipinski definition) is 2. The van der Waals surface area contributed by atoms with Gasteiger partial charge in [0, 0.05) is 70.0 Å². The number of alkyl halides is 1. The number of anilines is 2. The molecule has 2 atom stereocenters. The van der Waals surface area contributed by atoms with E-state index in [1.807, 2.05) is 36.4 Å². The van der Waals surface area contributed by atoms with E-state index in [-0.39, 0.29) is 60.5 Å². The van der Waals surface area contributed by atoms with Gasteiger partial charge in [-0.3, -0.25) is 33.8 Å². The molecular formula is C52H53F2N9O7S. The molecule has 1 aliphatic carbocycles. The number of nitrogens with one attached hydrogen (secondary N) is 2. The molecular weight excluding hydrogens is 933 g/mol. The molecule has 11 rings (SSSR count). The van der Waals surface area contributed by atoms with Crippen molar-refractivity contribution in [1.29, 1.82) is 5.26 Å². The number of hydrogen-bond acceptors (Lipinski definition) is 11. The molecule has 4 aromatic carbocycles. The third kappa shape index (κ3) is 9.01. The van der Waals surface area contributed by atoms with Gasteiger partial charge in [0.05, 0.1) is 22.3 Å². The van der Waals surface area contributed by atoms with Crippen molar-refractivity contribution in [2.45, 2.75) is 82.5 Å². The van der Waals surface area contributed by atoms with E-state index in [2.05, 4.69) is 37.0 Å². The number of piperidine rings is 2. The average Bonchev–Trinajstić information content (AvgIpc) is 3.95. The van der Waals surface area contributed by atoms with E-state index in [9.17, 15) is 37.2 Å². The van der Waals surface area contributed by atoms with Crippen molar-refractivity contribution < 1.29 is 36.3 Å². The predicted molar refractivity (Wildman–Crippen MR) is 260 cm³/mol. The molecule has 1 spiro atoms. The lowest BCUT2D eigenvalue weighted by molar-refractivity contribution is -0.136. The third-order valence-corrected chi connectivity index (χ3v) is 17.1. The molecule has 2 N–H and O–H groups in total. The van der Waals surface area contributed by atoms with Crippen molar-refractivity contribution in [3.05, 3.63) is 118 Å². The lowest BCUT2D eigenvalue weighted by Gasteiger charge is -2.55. The minimum absolute atomic E-state index is 0.0244. The van der Waals surface area contributed by atoms with E-state index < -0.39 is 45.1 Å². The van der Waals surface area contributed by atoms with Gasteiger partial charge < -0.3 is 19.4 Å². The molecule has 368 valence electrons. The van der Waals surface area contributed by atoms with Crippen molar-refractivity contribution in [3.8, 4) is 23.3 Å². The maximum absolute atomic E-state index is 15.2. The minimum atomic E-state index is -4.24. The van der Waals surface area contributed by atoms with Crippen LogP contribution in [0.25, 0.3) is 16.6 Å². The number of rotatable bonds is 11. The Balaban J connectivity index is 0.667. The number of carbonyl (C=O) groups excluding carboxylic acids is 3. The first kappa shape index (κ1) is 46.6. The molecule has 5 aromatic rings. The van der Waals surface area contributed by atoms with Crippen molar-refractivity contribution in [3.63, 3.8) is 0 Å². The number of carbonyl (C=O) groups is 3. The number of nitrogens with zero attached hydrogens (tertiary/aromatic N) is 7. The van der Waals surface area contributed by atoms with Crippen LogP contribution in [-0.2, 0) is 26.3 Å². The highest BCUT2D eigenvalue weighted by molar-refractivity contribution is 7.90. The Kier molecular flexibility index (Phi) is 12.1. The quantitative estimate of drug-likeness (QED) is 0.137. The van der Waals surface area contributed by atoms with Gasteiger partial charge in [0.15, 0.2) is 11.6 Å². The molecule has 16 nitrogen and oxygen atoms in total. The number of amides is 3. The van der Waals surface area contributed by atoms with Crippen LogP contribution in [0.1, 0.15) is 90.8 Å². The molecule has 0 bridgehead atoms. The third-order valence-electron chi connectivity index (χ3n) is 15.7. The van der Waals surface area contributed by atoms with Crippen LogP contribution < -0.4 is 25.2 Å². The molecule has 5 fully saturated rings. The molecule has 19 heteroatoms. The van der Waals surface area contributed by atoms with Gasteiger partial charge in [-0.2, -0.15) is 18.0 Å². The topological polar surface area (TPSA) is 190 Å². The fourth-order valence-electron chi connectivity index (χ4n) is 11.8. The standard InChI is InChI=1S/C52H53F2N9O7S/c53-36-17-22-61(28-36)71(68,69)58-45-10-8-43(54)48(42(45)25-55)70-39-6-9-44-41(24-39)51(67)63(31-56-44)38-4-2-37(3-5-38)60-20-15-32(16-21-60)26-59-29-52(30-59)18-13-33(14-19-52)34-1-7-40-35(23-34)27-62(50(40)66)46-11-12-47(64)57-49(46)65/h1-10,23-24,31-33,36,46,58H,11-22,26-30H2,(H,57,64,65)/t36-,46+/m1/s1. The van der Waals surface area contributed by atoms with Gasteiger partial charge in [-0.05, 0) is 140 Å². The normalized spacial score (nSPS) is 22.1. The molecule has 1 saturated carbocycles. The Bertz CT molecular complexity index is 3180. The fraction of sp³-hybridized carbons (Fsp3) is 0.423. The largest absolute Gasteiger partial charge is 0.453 e. The predicted octanol–water partition coefficient (Wildman–Crippen LogP) is 6.53. The number of halogens is 2. The van der Waals surface area contributed by atoms with E-state index in [1.165, 1.54) is 47.5 Å². The van der Waals surface area contributed by atoms with Crippen LogP contribution in [-0.4, -0.2) is 108 Å². The Morgan fingerprint density at radius 3 is 2.37 bits per heavy atom. The first-order valence-corrected chi connectivity index (χ1v) is 25.9. The van der Waals surface area contributed by atoms with Gasteiger partial charge in [-0.25, -0.2) is 13.8 Å². The monoisotopic (exact) mass is 985 g/mol. The molecule has 4 saturated heterocycles. The summed E-state index contributed by atoms with van der Waals surface area (Å²) in [6, 6.07) is 21.7. The fourth-order valence-corrected chi connectivity index (χ4v) is 13.0. The number of nitriles is 1. The van der Waals surface area contributed by atoms with Crippen LogP contribution in [0, 0.1) is 28.5 Å². The van der Waals surface area contributed by atoms with Gasteiger partial charge in [0.2, 0.25) is 11.8 Å². The second-order valence-corrected chi connectivity index (χ2v) is 21.8. The summed E-state index contributed by atoms with van der Waals surface area (Å²) in [5.41, 5.74) is 4.28. The first-order valence-electron chi connectivity index (χ1n) is 24.4. The van der Waals surface area contributed by atoms with Gasteiger partial charge in [-0.1, -0.05) is 12.1 Å². The van der Waals surface area contributed by atoms with Crippen LogP contribution in [0.3, 0.4) is 0 Å². The maximum Gasteiger partial charge on any atom is 0.301 e. The smallest absolute Gasteiger partial charge is 0.301 e. The summed E-state index contributed by atoms with van der Waals surface area (Å²) in [6.07, 6.45) is 7.61. The zero-order valence-electron chi connectivity index (χ0n) is 39.0. The summed E-state index contributed by atoms with van der Waals surface area (Å²) < 4.78 is 65.3. The second kappa shape index (κ2) is 18.5. The molecule has 0 radical (unpaired) electrons. The second-order valence-electron chi connectivity index (χ2n) is 20.2. The summed E-state index contributed by atoms with van der Waals surface area (Å²) in [7, 11) is -4.24. The van der Waals surface area contributed by atoms with E-state index in [1.54, 1.807) is 4.90 Å². The van der Waals surface area contributed by atoms with Crippen LogP contribution >= 0.6 is 0 Å². The van der Waals surface area contributed by atoms with Crippen molar-refractivity contribution in [2.75, 3.05) is 55.4 Å². The molecule has 6 heterocycles. The SMILES string of the molecule is N#Cc1c(NS(=O)(=O)N2CC[C@@H](F)C2)ccc(F)c1Oc1ccc2ncn(-c3ccc(N4CCC(CN5CC6(CCC(c7ccc8c(c7)CN([C@H]7CCC(=O)NC7=O)C8=O)CC6)C5)CC4)cc3)c(=O)c2c1. The van der Waals surface area contributed by atoms with Crippen molar-refractivity contribution in [1.82, 2.24) is 29.0 Å².